The van der Waals surface area contributed by atoms with E-state index in [1.54, 1.807) is 6.92 Å². The fourth-order valence-electron chi connectivity index (χ4n) is 1.32. The molecule has 1 saturated heterocycles. The van der Waals surface area contributed by atoms with Gasteiger partial charge in [-0.15, -0.1) is 0 Å². The predicted molar refractivity (Wildman–Crippen MR) is 28.8 cm³/mol. The first-order chi connectivity index (χ1) is 4.22. The van der Waals surface area contributed by atoms with E-state index in [0.717, 1.165) is 0 Å². The van der Waals surface area contributed by atoms with E-state index in [9.17, 15) is 4.79 Å². The number of fused-ring (bicyclic) bond motifs is 1. The average Bonchev–Trinajstić information content (AvgIpc) is 2.56. The maximum Gasteiger partial charge on any atom is 0.169 e. The second-order valence-corrected chi connectivity index (χ2v) is 2.70. The highest BCUT2D eigenvalue weighted by atomic mass is 16.6. The van der Waals surface area contributed by atoms with Gasteiger partial charge in [-0.1, -0.05) is 6.92 Å². The van der Waals surface area contributed by atoms with Crippen LogP contribution in [0.4, 0.5) is 0 Å². The lowest BCUT2D eigenvalue weighted by Crippen LogP contribution is -2.22. The highest BCUT2D eigenvalue weighted by Crippen LogP contribution is 2.39. The molecule has 0 radical (unpaired) electrons. The Labute approximate surface area is 52.6 Å². The number of ketones is 1. The lowest BCUT2D eigenvalue weighted by Gasteiger charge is -2.07. The molecule has 50 valence electrons. The highest BCUT2D eigenvalue weighted by molar-refractivity contribution is 5.91. The fourth-order valence-corrected chi connectivity index (χ4v) is 1.32. The normalized spacial score (nSPS) is 55.6. The quantitative estimate of drug-likeness (QED) is 0.440. The van der Waals surface area contributed by atoms with Gasteiger partial charge in [0, 0.05) is 5.92 Å². The molecule has 0 spiro atoms. The summed E-state index contributed by atoms with van der Waals surface area (Å²) in [6.07, 6.45) is -0.954. The minimum atomic E-state index is -0.539. The van der Waals surface area contributed by atoms with Gasteiger partial charge in [-0.05, 0) is 0 Å². The molecule has 3 heteroatoms. The zero-order valence-corrected chi connectivity index (χ0v) is 5.07. The SMILES string of the molecule is C[C@H]1C(=O)[C@@H]2O[C@@H]2[C@@H]1O. The van der Waals surface area contributed by atoms with Crippen molar-refractivity contribution in [1.29, 1.82) is 0 Å². The number of epoxide rings is 1. The van der Waals surface area contributed by atoms with E-state index in [0.29, 0.717) is 0 Å². The van der Waals surface area contributed by atoms with Gasteiger partial charge in [0.25, 0.3) is 0 Å². The topological polar surface area (TPSA) is 49.8 Å². The van der Waals surface area contributed by atoms with Gasteiger partial charge >= 0.3 is 0 Å². The molecule has 0 aromatic heterocycles. The first kappa shape index (κ1) is 5.38. The molecule has 1 aliphatic carbocycles. The predicted octanol–water partition coefficient (Wildman–Crippen LogP) is -0.667. The Hall–Kier alpha value is -0.410. The minimum absolute atomic E-state index is 0.0625. The van der Waals surface area contributed by atoms with Gasteiger partial charge in [-0.3, -0.25) is 4.79 Å². The van der Waals surface area contributed by atoms with Crippen molar-refractivity contribution in [3.8, 4) is 0 Å². The van der Waals surface area contributed by atoms with Crippen LogP contribution in [-0.4, -0.2) is 29.2 Å². The Morgan fingerprint density at radius 3 is 2.56 bits per heavy atom. The van der Waals surface area contributed by atoms with E-state index >= 15 is 0 Å². The van der Waals surface area contributed by atoms with Crippen LogP contribution in [-0.2, 0) is 9.53 Å². The minimum Gasteiger partial charge on any atom is -0.390 e. The van der Waals surface area contributed by atoms with Crippen LogP contribution >= 0.6 is 0 Å². The van der Waals surface area contributed by atoms with Crippen molar-refractivity contribution >= 4 is 5.78 Å². The number of Topliss-reactive ketones (excluding diaryl/α,β-unsaturated/α-hetero) is 1. The van der Waals surface area contributed by atoms with Crippen LogP contribution < -0.4 is 0 Å². The number of aliphatic hydroxyl groups excluding tert-OH is 1. The first-order valence-electron chi connectivity index (χ1n) is 3.09. The molecule has 0 unspecified atom stereocenters. The summed E-state index contributed by atoms with van der Waals surface area (Å²) >= 11 is 0. The molecule has 2 rings (SSSR count). The van der Waals surface area contributed by atoms with Crippen LogP contribution in [0, 0.1) is 5.92 Å². The number of hydrogen-bond acceptors (Lipinski definition) is 3. The third kappa shape index (κ3) is 0.509. The summed E-state index contributed by atoms with van der Waals surface area (Å²) in [5, 5.41) is 9.13. The molecule has 1 saturated carbocycles. The van der Waals surface area contributed by atoms with Crippen LogP contribution in [0.3, 0.4) is 0 Å². The summed E-state index contributed by atoms with van der Waals surface area (Å²) in [6, 6.07) is 0. The number of hydrogen-bond donors (Lipinski definition) is 1. The molecule has 1 N–H and O–H groups in total. The molecule has 0 aromatic carbocycles. The summed E-state index contributed by atoms with van der Waals surface area (Å²) in [5.41, 5.74) is 0. The van der Waals surface area contributed by atoms with Crippen molar-refractivity contribution in [3.05, 3.63) is 0 Å². The second kappa shape index (κ2) is 1.36. The van der Waals surface area contributed by atoms with Gasteiger partial charge in [0.15, 0.2) is 5.78 Å². The van der Waals surface area contributed by atoms with E-state index in [1.165, 1.54) is 0 Å². The van der Waals surface area contributed by atoms with Crippen molar-refractivity contribution in [2.75, 3.05) is 0 Å². The van der Waals surface area contributed by atoms with Gasteiger partial charge in [-0.25, -0.2) is 0 Å². The average molecular weight is 128 g/mol. The van der Waals surface area contributed by atoms with E-state index in [1.807, 2.05) is 0 Å². The van der Waals surface area contributed by atoms with E-state index in [2.05, 4.69) is 0 Å². The number of aliphatic hydroxyl groups is 1. The number of ether oxygens (including phenoxy) is 1. The molecular weight excluding hydrogens is 120 g/mol. The van der Waals surface area contributed by atoms with Crippen molar-refractivity contribution in [2.45, 2.75) is 25.2 Å². The Morgan fingerprint density at radius 2 is 2.33 bits per heavy atom. The number of carbonyl (C=O) groups is 1. The van der Waals surface area contributed by atoms with Gasteiger partial charge in [0.2, 0.25) is 0 Å². The zero-order chi connectivity index (χ0) is 6.59. The highest BCUT2D eigenvalue weighted by Gasteiger charge is 2.59. The smallest absolute Gasteiger partial charge is 0.169 e. The fraction of sp³-hybridized carbons (Fsp3) is 0.833. The monoisotopic (exact) mass is 128 g/mol. The maximum absolute atomic E-state index is 10.9. The lowest BCUT2D eigenvalue weighted by atomic mass is 10.1. The molecule has 0 aromatic rings. The molecular formula is C6H8O3. The molecule has 2 fully saturated rings. The number of rotatable bonds is 0. The number of carbonyl (C=O) groups excluding carboxylic acids is 1. The van der Waals surface area contributed by atoms with E-state index in [-0.39, 0.29) is 23.9 Å². The van der Waals surface area contributed by atoms with Crippen LogP contribution in [0.25, 0.3) is 0 Å². The van der Waals surface area contributed by atoms with Gasteiger partial charge in [-0.2, -0.15) is 0 Å². The van der Waals surface area contributed by atoms with Crippen LogP contribution in [0.2, 0.25) is 0 Å². The van der Waals surface area contributed by atoms with Crippen LogP contribution in [0.1, 0.15) is 6.92 Å². The first-order valence-corrected chi connectivity index (χ1v) is 3.09. The van der Waals surface area contributed by atoms with Gasteiger partial charge in [0.05, 0.1) is 6.10 Å². The standard InChI is InChI=1S/C6H8O3/c1-2-3(7)5-6(9-5)4(2)8/h2-3,5-7H,1H3/t2-,3-,5-,6+/m1/s1. The Morgan fingerprint density at radius 1 is 1.67 bits per heavy atom. The summed E-state index contributed by atoms with van der Waals surface area (Å²) in [7, 11) is 0. The second-order valence-electron chi connectivity index (χ2n) is 2.70. The third-order valence-electron chi connectivity index (χ3n) is 2.10. The van der Waals surface area contributed by atoms with E-state index in [4.69, 9.17) is 9.84 Å². The van der Waals surface area contributed by atoms with Crippen LogP contribution in [0.5, 0.6) is 0 Å². The molecule has 4 atom stereocenters. The summed E-state index contributed by atoms with van der Waals surface area (Å²) in [6.45, 7) is 1.74. The van der Waals surface area contributed by atoms with Crippen molar-refractivity contribution in [3.63, 3.8) is 0 Å². The summed E-state index contributed by atoms with van der Waals surface area (Å²) in [4.78, 5) is 10.9. The van der Waals surface area contributed by atoms with Crippen LogP contribution in [0.15, 0.2) is 0 Å². The van der Waals surface area contributed by atoms with Crippen molar-refractivity contribution in [1.82, 2.24) is 0 Å². The molecule has 0 bridgehead atoms. The molecule has 1 aliphatic heterocycles. The molecule has 9 heavy (non-hydrogen) atoms. The molecule has 2 aliphatic rings. The molecule has 0 amide bonds. The largest absolute Gasteiger partial charge is 0.390 e. The van der Waals surface area contributed by atoms with E-state index < -0.39 is 6.10 Å². The zero-order valence-electron chi connectivity index (χ0n) is 5.07. The molecule has 1 heterocycles. The van der Waals surface area contributed by atoms with Gasteiger partial charge < -0.3 is 9.84 Å². The maximum atomic E-state index is 10.9. The Balaban J connectivity index is 2.23. The van der Waals surface area contributed by atoms with Crippen molar-refractivity contribution in [2.24, 2.45) is 5.92 Å². The molecule has 3 nitrogen and oxygen atoms in total. The summed E-state index contributed by atoms with van der Waals surface area (Å²) < 4.78 is 4.85. The summed E-state index contributed by atoms with van der Waals surface area (Å²) in [5.74, 6) is -0.138. The van der Waals surface area contributed by atoms with Crippen molar-refractivity contribution < 1.29 is 14.6 Å². The Bertz CT molecular complexity index is 166. The lowest BCUT2D eigenvalue weighted by molar-refractivity contribution is -0.126. The van der Waals surface area contributed by atoms with Gasteiger partial charge in [0.1, 0.15) is 12.2 Å². The third-order valence-corrected chi connectivity index (χ3v) is 2.10. The Kier molecular flexibility index (Phi) is 0.811.